The van der Waals surface area contributed by atoms with Crippen LogP contribution in [0.15, 0.2) is 33.7 Å². The van der Waals surface area contributed by atoms with Crippen LogP contribution in [0.4, 0.5) is 0 Å². The Hall–Kier alpha value is -2.23. The van der Waals surface area contributed by atoms with Gasteiger partial charge in [0.2, 0.25) is 10.0 Å². The smallest absolute Gasteiger partial charge is 0.245 e. The average Bonchev–Trinajstić information content (AvgIpc) is 3.14. The third-order valence-electron chi connectivity index (χ3n) is 4.15. The molecule has 9 heteroatoms. The van der Waals surface area contributed by atoms with Crippen molar-refractivity contribution in [2.75, 3.05) is 20.3 Å². The number of aryl methyl sites for hydroxylation is 3. The van der Waals surface area contributed by atoms with E-state index in [1.165, 1.54) is 17.6 Å². The van der Waals surface area contributed by atoms with Gasteiger partial charge in [0, 0.05) is 32.3 Å². The van der Waals surface area contributed by atoms with Crippen molar-refractivity contribution in [3.63, 3.8) is 0 Å². The normalized spacial score (nSPS) is 12.3. The molecule has 0 spiro atoms. The topological polar surface area (TPSA) is 90.5 Å². The molecule has 0 radical (unpaired) electrons. The number of pyridine rings is 1. The van der Waals surface area contributed by atoms with Crippen LogP contribution in [-0.4, -0.2) is 47.7 Å². The summed E-state index contributed by atoms with van der Waals surface area (Å²) in [6.07, 6.45) is 1.37. The van der Waals surface area contributed by atoms with Crippen molar-refractivity contribution < 1.29 is 17.6 Å². The number of methoxy groups -OCH3 is 1. The van der Waals surface area contributed by atoms with E-state index in [9.17, 15) is 8.42 Å². The molecule has 3 aromatic heterocycles. The fourth-order valence-electron chi connectivity index (χ4n) is 2.80. The van der Waals surface area contributed by atoms with Crippen LogP contribution in [-0.2, 0) is 28.4 Å². The number of hydrogen-bond donors (Lipinski definition) is 0. The number of rotatable bonds is 7. The summed E-state index contributed by atoms with van der Waals surface area (Å²) >= 11 is 0. The van der Waals surface area contributed by atoms with Crippen LogP contribution >= 0.6 is 0 Å². The Bertz CT molecular complexity index is 1020. The van der Waals surface area contributed by atoms with Gasteiger partial charge in [-0.15, -0.1) is 0 Å². The number of aromatic nitrogens is 3. The lowest BCUT2D eigenvalue weighted by Crippen LogP contribution is -2.33. The minimum Gasteiger partial charge on any atom is -0.465 e. The maximum Gasteiger partial charge on any atom is 0.245 e. The van der Waals surface area contributed by atoms with Crippen LogP contribution in [0, 0.1) is 13.8 Å². The maximum absolute atomic E-state index is 13.2. The summed E-state index contributed by atoms with van der Waals surface area (Å²) in [5, 5.41) is 5.01. The maximum atomic E-state index is 13.2. The average molecular weight is 378 g/mol. The lowest BCUT2D eigenvalue weighted by molar-refractivity contribution is 0.175. The third kappa shape index (κ3) is 3.50. The van der Waals surface area contributed by atoms with Gasteiger partial charge >= 0.3 is 0 Å². The van der Waals surface area contributed by atoms with Crippen LogP contribution in [0.3, 0.4) is 0 Å². The molecule has 0 fully saturated rings. The molecule has 0 aromatic carbocycles. The van der Waals surface area contributed by atoms with Gasteiger partial charge < -0.3 is 9.15 Å². The van der Waals surface area contributed by atoms with Crippen LogP contribution in [0.25, 0.3) is 11.0 Å². The highest BCUT2D eigenvalue weighted by Crippen LogP contribution is 2.23. The third-order valence-corrected chi connectivity index (χ3v) is 5.96. The summed E-state index contributed by atoms with van der Waals surface area (Å²) in [5.74, 6) is 1.31. The Labute approximate surface area is 152 Å². The molecular formula is C17H22N4O4S. The molecule has 0 amide bonds. The summed E-state index contributed by atoms with van der Waals surface area (Å²) in [6, 6.07) is 5.20. The van der Waals surface area contributed by atoms with Crippen molar-refractivity contribution >= 4 is 21.1 Å². The van der Waals surface area contributed by atoms with Crippen molar-refractivity contribution in [3.05, 3.63) is 41.6 Å². The van der Waals surface area contributed by atoms with E-state index in [4.69, 9.17) is 9.15 Å². The van der Waals surface area contributed by atoms with Gasteiger partial charge in [0.05, 0.1) is 18.8 Å². The zero-order chi connectivity index (χ0) is 18.9. The SMILES string of the molecule is COCCN(Cc1ccc(C)o1)S(=O)(=O)c1cnc2c(c1)c(C)nn2C. The first-order chi connectivity index (χ1) is 12.3. The Kier molecular flexibility index (Phi) is 5.12. The lowest BCUT2D eigenvalue weighted by atomic mass is 10.3. The summed E-state index contributed by atoms with van der Waals surface area (Å²) in [5.41, 5.74) is 1.38. The molecule has 0 aliphatic heterocycles. The Morgan fingerprint density at radius 1 is 1.31 bits per heavy atom. The quantitative estimate of drug-likeness (QED) is 0.625. The molecule has 26 heavy (non-hydrogen) atoms. The standard InChI is InChI=1S/C17H22N4O4S/c1-12-5-6-14(25-12)11-21(7-8-24-4)26(22,23)15-9-16-13(2)19-20(3)17(16)18-10-15/h5-6,9-10H,7-8,11H2,1-4H3. The predicted octanol–water partition coefficient (Wildman–Crippen LogP) is 2.02. The monoisotopic (exact) mass is 378 g/mol. The minimum absolute atomic E-state index is 0.125. The van der Waals surface area contributed by atoms with Gasteiger partial charge in [-0.25, -0.2) is 13.4 Å². The molecule has 0 unspecified atom stereocenters. The minimum atomic E-state index is -3.77. The predicted molar refractivity (Wildman–Crippen MR) is 96.2 cm³/mol. The second kappa shape index (κ2) is 7.18. The second-order valence-corrected chi connectivity index (χ2v) is 8.03. The molecule has 0 saturated heterocycles. The zero-order valence-electron chi connectivity index (χ0n) is 15.3. The van der Waals surface area contributed by atoms with Gasteiger partial charge in [0.25, 0.3) is 0 Å². The Morgan fingerprint density at radius 2 is 2.08 bits per heavy atom. The van der Waals surface area contributed by atoms with E-state index in [1.807, 2.05) is 19.9 Å². The molecule has 0 bridgehead atoms. The number of nitrogens with zero attached hydrogens (tertiary/aromatic N) is 4. The number of furan rings is 1. The Morgan fingerprint density at radius 3 is 2.73 bits per heavy atom. The van der Waals surface area contributed by atoms with E-state index >= 15 is 0 Å². The molecule has 3 heterocycles. The summed E-state index contributed by atoms with van der Waals surface area (Å²) < 4.78 is 39.9. The molecule has 0 aliphatic rings. The van der Waals surface area contributed by atoms with Gasteiger partial charge in [-0.3, -0.25) is 4.68 Å². The van der Waals surface area contributed by atoms with E-state index < -0.39 is 10.0 Å². The van der Waals surface area contributed by atoms with Gasteiger partial charge in [-0.2, -0.15) is 9.40 Å². The molecule has 3 rings (SSSR count). The number of hydrogen-bond acceptors (Lipinski definition) is 6. The number of ether oxygens (including phenoxy) is 1. The highest BCUT2D eigenvalue weighted by molar-refractivity contribution is 7.89. The van der Waals surface area contributed by atoms with E-state index in [0.29, 0.717) is 16.8 Å². The first-order valence-corrected chi connectivity index (χ1v) is 9.60. The van der Waals surface area contributed by atoms with Gasteiger partial charge in [-0.1, -0.05) is 0 Å². The van der Waals surface area contributed by atoms with Crippen molar-refractivity contribution in [2.45, 2.75) is 25.3 Å². The number of sulfonamides is 1. The van der Waals surface area contributed by atoms with Crippen LogP contribution < -0.4 is 0 Å². The summed E-state index contributed by atoms with van der Waals surface area (Å²) in [4.78, 5) is 4.41. The zero-order valence-corrected chi connectivity index (χ0v) is 16.1. The summed E-state index contributed by atoms with van der Waals surface area (Å²) in [6.45, 7) is 4.27. The highest BCUT2D eigenvalue weighted by Gasteiger charge is 2.27. The van der Waals surface area contributed by atoms with Gasteiger partial charge in [0.15, 0.2) is 5.65 Å². The molecule has 0 saturated carbocycles. The molecule has 140 valence electrons. The van der Waals surface area contributed by atoms with Gasteiger partial charge in [-0.05, 0) is 32.0 Å². The fraction of sp³-hybridized carbons (Fsp3) is 0.412. The fourth-order valence-corrected chi connectivity index (χ4v) is 4.16. The van der Waals surface area contributed by atoms with E-state index in [-0.39, 0.29) is 24.6 Å². The van der Waals surface area contributed by atoms with Crippen molar-refractivity contribution in [3.8, 4) is 0 Å². The molecule has 3 aromatic rings. The first kappa shape index (κ1) is 18.6. The first-order valence-electron chi connectivity index (χ1n) is 8.16. The molecular weight excluding hydrogens is 356 g/mol. The second-order valence-electron chi connectivity index (χ2n) is 6.09. The molecule has 8 nitrogen and oxygen atoms in total. The van der Waals surface area contributed by atoms with E-state index in [0.717, 1.165) is 11.5 Å². The lowest BCUT2D eigenvalue weighted by Gasteiger charge is -2.20. The summed E-state index contributed by atoms with van der Waals surface area (Å²) in [7, 11) is -0.453. The Balaban J connectivity index is 1.99. The van der Waals surface area contributed by atoms with Crippen LogP contribution in [0.1, 0.15) is 17.2 Å². The molecule has 0 aliphatic carbocycles. The van der Waals surface area contributed by atoms with E-state index in [2.05, 4.69) is 10.1 Å². The van der Waals surface area contributed by atoms with Gasteiger partial charge in [0.1, 0.15) is 16.4 Å². The van der Waals surface area contributed by atoms with E-state index in [1.54, 1.807) is 23.9 Å². The largest absolute Gasteiger partial charge is 0.465 e. The van der Waals surface area contributed by atoms with Crippen molar-refractivity contribution in [2.24, 2.45) is 7.05 Å². The van der Waals surface area contributed by atoms with Crippen LogP contribution in [0.2, 0.25) is 0 Å². The van der Waals surface area contributed by atoms with Crippen molar-refractivity contribution in [1.29, 1.82) is 0 Å². The van der Waals surface area contributed by atoms with Crippen molar-refractivity contribution in [1.82, 2.24) is 19.1 Å². The molecule has 0 atom stereocenters. The molecule has 0 N–H and O–H groups in total. The highest BCUT2D eigenvalue weighted by atomic mass is 32.2. The number of fused-ring (bicyclic) bond motifs is 1. The van der Waals surface area contributed by atoms with Crippen LogP contribution in [0.5, 0.6) is 0 Å².